The van der Waals surface area contributed by atoms with Gasteiger partial charge in [0.2, 0.25) is 5.95 Å². The van der Waals surface area contributed by atoms with Gasteiger partial charge in [0.1, 0.15) is 0 Å². The van der Waals surface area contributed by atoms with E-state index in [1.54, 1.807) is 0 Å². The van der Waals surface area contributed by atoms with Gasteiger partial charge < -0.3 is 15.6 Å². The smallest absolute Gasteiger partial charge is 0.201 e. The second kappa shape index (κ2) is 4.55. The largest absolute Gasteiger partial charge is 0.353 e. The van der Waals surface area contributed by atoms with Crippen molar-refractivity contribution in [3.8, 4) is 0 Å². The molecule has 2 aromatic rings. The summed E-state index contributed by atoms with van der Waals surface area (Å²) in [6.45, 7) is 2.15. The number of aromatic amines is 1. The highest BCUT2D eigenvalue weighted by molar-refractivity contribution is 6.31. The van der Waals surface area contributed by atoms with E-state index in [9.17, 15) is 0 Å². The minimum atomic E-state index is 0.507. The third-order valence-electron chi connectivity index (χ3n) is 3.12. The molecule has 1 aliphatic rings. The van der Waals surface area contributed by atoms with Gasteiger partial charge in [0.15, 0.2) is 0 Å². The van der Waals surface area contributed by atoms with E-state index < -0.39 is 0 Å². The molecular weight excluding hydrogens is 236 g/mol. The van der Waals surface area contributed by atoms with E-state index in [1.165, 1.54) is 0 Å². The average molecular weight is 251 g/mol. The lowest BCUT2D eigenvalue weighted by Crippen LogP contribution is -2.35. The minimum absolute atomic E-state index is 0.507. The van der Waals surface area contributed by atoms with E-state index >= 15 is 0 Å². The molecule has 0 aliphatic carbocycles. The van der Waals surface area contributed by atoms with Gasteiger partial charge in [-0.1, -0.05) is 11.6 Å². The molecule has 0 bridgehead atoms. The van der Waals surface area contributed by atoms with Gasteiger partial charge >= 0.3 is 0 Å². The van der Waals surface area contributed by atoms with Crippen LogP contribution in [0.4, 0.5) is 5.95 Å². The van der Waals surface area contributed by atoms with Gasteiger partial charge in [-0.3, -0.25) is 0 Å². The summed E-state index contributed by atoms with van der Waals surface area (Å²) >= 11 is 5.94. The van der Waals surface area contributed by atoms with E-state index in [1.807, 2.05) is 18.2 Å². The molecule has 3 rings (SSSR count). The molecule has 3 N–H and O–H groups in total. The first-order valence-electron chi connectivity index (χ1n) is 5.94. The minimum Gasteiger partial charge on any atom is -0.353 e. The summed E-state index contributed by atoms with van der Waals surface area (Å²) in [7, 11) is 0. The molecule has 5 heteroatoms. The van der Waals surface area contributed by atoms with Crippen LogP contribution in [0.3, 0.4) is 0 Å². The molecule has 0 spiro atoms. The van der Waals surface area contributed by atoms with Gasteiger partial charge in [0.05, 0.1) is 11.0 Å². The number of hydrogen-bond donors (Lipinski definition) is 3. The Morgan fingerprint density at radius 2 is 2.12 bits per heavy atom. The highest BCUT2D eigenvalue weighted by Gasteiger charge is 2.14. The average Bonchev–Trinajstić information content (AvgIpc) is 2.71. The van der Waals surface area contributed by atoms with Crippen molar-refractivity contribution < 1.29 is 0 Å². The summed E-state index contributed by atoms with van der Waals surface area (Å²) in [6, 6.07) is 6.20. The fourth-order valence-corrected chi connectivity index (χ4v) is 2.38. The van der Waals surface area contributed by atoms with E-state index in [2.05, 4.69) is 20.6 Å². The number of anilines is 1. The SMILES string of the molecule is Clc1ccc2nc(NC3CCNCC3)[nH]c2c1. The zero-order chi connectivity index (χ0) is 11.7. The maximum Gasteiger partial charge on any atom is 0.201 e. The van der Waals surface area contributed by atoms with Crippen molar-refractivity contribution in [2.45, 2.75) is 18.9 Å². The number of aromatic nitrogens is 2. The zero-order valence-electron chi connectivity index (χ0n) is 9.46. The Hall–Kier alpha value is -1.26. The summed E-state index contributed by atoms with van der Waals surface area (Å²) < 4.78 is 0. The fourth-order valence-electron chi connectivity index (χ4n) is 2.21. The maximum absolute atomic E-state index is 5.94. The lowest BCUT2D eigenvalue weighted by atomic mass is 10.1. The Balaban J connectivity index is 1.80. The molecule has 4 nitrogen and oxygen atoms in total. The van der Waals surface area contributed by atoms with E-state index in [0.717, 1.165) is 47.9 Å². The highest BCUT2D eigenvalue weighted by Crippen LogP contribution is 2.20. The van der Waals surface area contributed by atoms with Crippen molar-refractivity contribution in [1.82, 2.24) is 15.3 Å². The Morgan fingerprint density at radius 3 is 2.94 bits per heavy atom. The monoisotopic (exact) mass is 250 g/mol. The normalized spacial score (nSPS) is 17.5. The molecule has 0 atom stereocenters. The van der Waals surface area contributed by atoms with Crippen LogP contribution in [0, 0.1) is 0 Å². The fraction of sp³-hybridized carbons (Fsp3) is 0.417. The predicted octanol–water partition coefficient (Wildman–Crippen LogP) is 2.38. The predicted molar refractivity (Wildman–Crippen MR) is 70.6 cm³/mol. The molecule has 2 heterocycles. The summed E-state index contributed by atoms with van der Waals surface area (Å²) in [6.07, 6.45) is 2.27. The molecule has 90 valence electrons. The molecule has 17 heavy (non-hydrogen) atoms. The number of halogens is 1. The number of rotatable bonds is 2. The number of piperidine rings is 1. The number of nitrogens with one attached hydrogen (secondary N) is 3. The summed E-state index contributed by atoms with van der Waals surface area (Å²) in [5.41, 5.74) is 1.93. The topological polar surface area (TPSA) is 52.7 Å². The maximum atomic E-state index is 5.94. The quantitative estimate of drug-likeness (QED) is 0.767. The lowest BCUT2D eigenvalue weighted by Gasteiger charge is -2.23. The molecular formula is C12H15ClN4. The third kappa shape index (κ3) is 2.37. The number of fused-ring (bicyclic) bond motifs is 1. The first-order chi connectivity index (χ1) is 8.31. The van der Waals surface area contributed by atoms with Gasteiger partial charge in [-0.25, -0.2) is 4.98 Å². The Morgan fingerprint density at radius 1 is 1.29 bits per heavy atom. The standard InChI is InChI=1S/C12H15ClN4/c13-8-1-2-10-11(7-8)17-12(16-10)15-9-3-5-14-6-4-9/h1-2,7,9,14H,3-6H2,(H2,15,16,17). The van der Waals surface area contributed by atoms with Crippen LogP contribution in [0.15, 0.2) is 18.2 Å². The van der Waals surface area contributed by atoms with Crippen molar-refractivity contribution in [2.75, 3.05) is 18.4 Å². The van der Waals surface area contributed by atoms with Gasteiger partial charge in [-0.2, -0.15) is 0 Å². The second-order valence-electron chi connectivity index (χ2n) is 4.42. The number of benzene rings is 1. The summed E-state index contributed by atoms with van der Waals surface area (Å²) in [4.78, 5) is 7.76. The van der Waals surface area contributed by atoms with Crippen molar-refractivity contribution in [3.05, 3.63) is 23.2 Å². The Labute approximate surface area is 105 Å². The van der Waals surface area contributed by atoms with Gasteiger partial charge in [-0.05, 0) is 44.1 Å². The van der Waals surface area contributed by atoms with Crippen LogP contribution in [0.2, 0.25) is 5.02 Å². The third-order valence-corrected chi connectivity index (χ3v) is 3.36. The Bertz CT molecular complexity index is 516. The van der Waals surface area contributed by atoms with Crippen LogP contribution in [0.5, 0.6) is 0 Å². The second-order valence-corrected chi connectivity index (χ2v) is 4.85. The first kappa shape index (κ1) is 10.9. The van der Waals surface area contributed by atoms with Crippen LogP contribution < -0.4 is 10.6 Å². The molecule has 1 saturated heterocycles. The Kier molecular flexibility index (Phi) is 2.91. The number of nitrogens with zero attached hydrogens (tertiary/aromatic N) is 1. The number of imidazole rings is 1. The molecule has 0 amide bonds. The first-order valence-corrected chi connectivity index (χ1v) is 6.31. The zero-order valence-corrected chi connectivity index (χ0v) is 10.2. The van der Waals surface area contributed by atoms with E-state index in [0.29, 0.717) is 6.04 Å². The van der Waals surface area contributed by atoms with Crippen molar-refractivity contribution in [2.24, 2.45) is 0 Å². The van der Waals surface area contributed by atoms with Crippen LogP contribution in [0.25, 0.3) is 11.0 Å². The summed E-state index contributed by atoms with van der Waals surface area (Å²) in [5, 5.41) is 7.52. The molecule has 1 fully saturated rings. The number of H-pyrrole nitrogens is 1. The van der Waals surface area contributed by atoms with Crippen molar-refractivity contribution >= 4 is 28.6 Å². The van der Waals surface area contributed by atoms with Crippen LogP contribution in [-0.2, 0) is 0 Å². The van der Waals surface area contributed by atoms with Crippen LogP contribution in [0.1, 0.15) is 12.8 Å². The van der Waals surface area contributed by atoms with Gasteiger partial charge in [0, 0.05) is 11.1 Å². The number of hydrogen-bond acceptors (Lipinski definition) is 3. The van der Waals surface area contributed by atoms with E-state index in [4.69, 9.17) is 11.6 Å². The highest BCUT2D eigenvalue weighted by atomic mass is 35.5. The molecule has 0 radical (unpaired) electrons. The molecule has 1 aliphatic heterocycles. The molecule has 0 saturated carbocycles. The van der Waals surface area contributed by atoms with Gasteiger partial charge in [0.25, 0.3) is 0 Å². The van der Waals surface area contributed by atoms with Crippen LogP contribution in [-0.4, -0.2) is 29.1 Å². The molecule has 0 unspecified atom stereocenters. The van der Waals surface area contributed by atoms with Crippen LogP contribution >= 0.6 is 11.6 Å². The molecule has 1 aromatic carbocycles. The summed E-state index contributed by atoms with van der Waals surface area (Å²) in [5.74, 6) is 0.842. The lowest BCUT2D eigenvalue weighted by molar-refractivity contribution is 0.477. The van der Waals surface area contributed by atoms with E-state index in [-0.39, 0.29) is 0 Å². The van der Waals surface area contributed by atoms with Crippen molar-refractivity contribution in [3.63, 3.8) is 0 Å². The van der Waals surface area contributed by atoms with Crippen molar-refractivity contribution in [1.29, 1.82) is 0 Å². The van der Waals surface area contributed by atoms with Gasteiger partial charge in [-0.15, -0.1) is 0 Å². The molecule has 1 aromatic heterocycles.